The van der Waals surface area contributed by atoms with Crippen molar-refractivity contribution in [3.8, 4) is 11.1 Å². The Labute approximate surface area is 152 Å². The number of halogens is 1. The van der Waals surface area contributed by atoms with E-state index in [4.69, 9.17) is 11.6 Å². The molecule has 0 radical (unpaired) electrons. The molecule has 5 rings (SSSR count). The van der Waals surface area contributed by atoms with Crippen molar-refractivity contribution in [3.05, 3.63) is 107 Å². The van der Waals surface area contributed by atoms with E-state index in [9.17, 15) is 0 Å². The first-order valence-corrected chi connectivity index (χ1v) is 8.79. The highest BCUT2D eigenvalue weighted by Gasteiger charge is 2.22. The van der Waals surface area contributed by atoms with Crippen LogP contribution >= 0.6 is 11.6 Å². The van der Waals surface area contributed by atoms with E-state index in [0.29, 0.717) is 0 Å². The molecule has 0 N–H and O–H groups in total. The monoisotopic (exact) mass is 338 g/mol. The Morgan fingerprint density at radius 1 is 0.560 bits per heavy atom. The predicted octanol–water partition coefficient (Wildman–Crippen LogP) is 7.06. The van der Waals surface area contributed by atoms with E-state index >= 15 is 0 Å². The Kier molecular flexibility index (Phi) is 3.26. The molecule has 1 heteroatoms. The molecule has 0 nitrogen and oxygen atoms in total. The van der Waals surface area contributed by atoms with Gasteiger partial charge in [-0.05, 0) is 44.9 Å². The first-order chi connectivity index (χ1) is 12.3. The molecule has 0 bridgehead atoms. The van der Waals surface area contributed by atoms with Crippen LogP contribution in [0.3, 0.4) is 0 Å². The van der Waals surface area contributed by atoms with Gasteiger partial charge in [-0.3, -0.25) is 0 Å². The van der Waals surface area contributed by atoms with E-state index < -0.39 is 0 Å². The van der Waals surface area contributed by atoms with Gasteiger partial charge in [0.15, 0.2) is 0 Å². The van der Waals surface area contributed by atoms with Crippen molar-refractivity contribution in [2.75, 3.05) is 0 Å². The zero-order valence-electron chi connectivity index (χ0n) is 13.5. The van der Waals surface area contributed by atoms with Crippen molar-refractivity contribution in [3.63, 3.8) is 0 Å². The molecular weight excluding hydrogens is 324 g/mol. The maximum Gasteiger partial charge on any atom is 0.0556 e. The summed E-state index contributed by atoms with van der Waals surface area (Å²) in [6, 6.07) is 29.7. The Morgan fingerprint density at radius 3 is 1.80 bits per heavy atom. The number of hydrogen-bond acceptors (Lipinski definition) is 0. The third-order valence-corrected chi connectivity index (χ3v) is 5.34. The lowest BCUT2D eigenvalue weighted by molar-refractivity contribution is 1.65. The summed E-state index contributed by atoms with van der Waals surface area (Å²) in [5.74, 6) is 0. The van der Waals surface area contributed by atoms with Crippen molar-refractivity contribution in [1.82, 2.24) is 0 Å². The van der Waals surface area contributed by atoms with E-state index in [1.807, 2.05) is 12.1 Å². The average molecular weight is 339 g/mol. The molecule has 0 spiro atoms. The SMILES string of the molecule is Clc1c(C=C2c3ccccc3-c3ccccc32)ccc2ccccc12. The Balaban J connectivity index is 1.78. The normalized spacial score (nSPS) is 12.1. The highest BCUT2D eigenvalue weighted by Crippen LogP contribution is 2.45. The van der Waals surface area contributed by atoms with Crippen LogP contribution in [0.5, 0.6) is 0 Å². The summed E-state index contributed by atoms with van der Waals surface area (Å²) < 4.78 is 0. The summed E-state index contributed by atoms with van der Waals surface area (Å²) in [5.41, 5.74) is 7.42. The number of benzene rings is 4. The number of fused-ring (bicyclic) bond motifs is 4. The summed E-state index contributed by atoms with van der Waals surface area (Å²) in [4.78, 5) is 0. The lowest BCUT2D eigenvalue weighted by atomic mass is 9.99. The van der Waals surface area contributed by atoms with E-state index in [-0.39, 0.29) is 0 Å². The molecule has 0 fully saturated rings. The van der Waals surface area contributed by atoms with Crippen LogP contribution in [-0.2, 0) is 0 Å². The third-order valence-electron chi connectivity index (χ3n) is 4.92. The van der Waals surface area contributed by atoms with Crippen molar-refractivity contribution in [2.24, 2.45) is 0 Å². The van der Waals surface area contributed by atoms with Gasteiger partial charge in [-0.2, -0.15) is 0 Å². The first kappa shape index (κ1) is 14.5. The standard InChI is InChI=1S/C24H15Cl/c25-24-17(14-13-16-7-1-2-8-18(16)24)15-23-21-11-5-3-9-19(21)20-10-4-6-12-22(20)23/h1-15H. The molecule has 4 aromatic carbocycles. The number of hydrogen-bond donors (Lipinski definition) is 0. The Bertz CT molecular complexity index is 1100. The van der Waals surface area contributed by atoms with Crippen molar-refractivity contribution < 1.29 is 0 Å². The third kappa shape index (κ3) is 2.22. The molecule has 1 aliphatic carbocycles. The second-order valence-corrected chi connectivity index (χ2v) is 6.72. The molecule has 0 aliphatic heterocycles. The zero-order valence-corrected chi connectivity index (χ0v) is 14.3. The molecule has 0 heterocycles. The first-order valence-electron chi connectivity index (χ1n) is 8.41. The van der Waals surface area contributed by atoms with Crippen molar-refractivity contribution in [1.29, 1.82) is 0 Å². The zero-order chi connectivity index (χ0) is 16.8. The van der Waals surface area contributed by atoms with Crippen LogP contribution in [0.2, 0.25) is 5.02 Å². The van der Waals surface area contributed by atoms with Crippen LogP contribution in [0.15, 0.2) is 84.9 Å². The molecule has 0 amide bonds. The highest BCUT2D eigenvalue weighted by atomic mass is 35.5. The summed E-state index contributed by atoms with van der Waals surface area (Å²) in [6.45, 7) is 0. The second kappa shape index (κ2) is 5.61. The largest absolute Gasteiger partial charge is 0.0830 e. The molecular formula is C24H15Cl. The molecule has 118 valence electrons. The quantitative estimate of drug-likeness (QED) is 0.307. The highest BCUT2D eigenvalue weighted by molar-refractivity contribution is 6.37. The molecule has 0 saturated heterocycles. The fourth-order valence-corrected chi connectivity index (χ4v) is 4.01. The minimum Gasteiger partial charge on any atom is -0.0830 e. The van der Waals surface area contributed by atoms with Crippen molar-refractivity contribution >= 4 is 34.0 Å². The van der Waals surface area contributed by atoms with Gasteiger partial charge in [0.05, 0.1) is 5.02 Å². The minimum atomic E-state index is 0.812. The summed E-state index contributed by atoms with van der Waals surface area (Å²) in [6.07, 6.45) is 2.22. The van der Waals surface area contributed by atoms with Gasteiger partial charge >= 0.3 is 0 Å². The molecule has 0 unspecified atom stereocenters. The molecule has 1 aliphatic rings. The van der Waals surface area contributed by atoms with E-state index in [0.717, 1.165) is 16.0 Å². The van der Waals surface area contributed by atoms with Crippen LogP contribution in [0.4, 0.5) is 0 Å². The van der Waals surface area contributed by atoms with Gasteiger partial charge in [0.25, 0.3) is 0 Å². The molecule has 0 atom stereocenters. The molecule has 4 aromatic rings. The smallest absolute Gasteiger partial charge is 0.0556 e. The van der Waals surface area contributed by atoms with Gasteiger partial charge in [0, 0.05) is 5.39 Å². The van der Waals surface area contributed by atoms with Gasteiger partial charge in [0.2, 0.25) is 0 Å². The van der Waals surface area contributed by atoms with Crippen LogP contribution in [0, 0.1) is 0 Å². The summed E-state index contributed by atoms with van der Waals surface area (Å²) >= 11 is 6.73. The van der Waals surface area contributed by atoms with Gasteiger partial charge in [-0.1, -0.05) is 96.5 Å². The number of rotatable bonds is 1. The Morgan fingerprint density at radius 2 is 1.12 bits per heavy atom. The fourth-order valence-electron chi connectivity index (χ4n) is 3.72. The van der Waals surface area contributed by atoms with Crippen LogP contribution in [0.25, 0.3) is 33.5 Å². The van der Waals surface area contributed by atoms with Crippen LogP contribution in [-0.4, -0.2) is 0 Å². The fraction of sp³-hybridized carbons (Fsp3) is 0. The van der Waals surface area contributed by atoms with Gasteiger partial charge in [-0.25, -0.2) is 0 Å². The molecule has 0 aromatic heterocycles. The Hall–Kier alpha value is -2.83. The van der Waals surface area contributed by atoms with Gasteiger partial charge in [-0.15, -0.1) is 0 Å². The topological polar surface area (TPSA) is 0 Å². The van der Waals surface area contributed by atoms with E-state index in [1.165, 1.54) is 33.2 Å². The average Bonchev–Trinajstić information content (AvgIpc) is 2.98. The van der Waals surface area contributed by atoms with Crippen LogP contribution in [0.1, 0.15) is 16.7 Å². The second-order valence-electron chi connectivity index (χ2n) is 6.34. The van der Waals surface area contributed by atoms with E-state index in [2.05, 4.69) is 78.9 Å². The maximum atomic E-state index is 6.73. The van der Waals surface area contributed by atoms with Crippen LogP contribution < -0.4 is 0 Å². The lowest BCUT2D eigenvalue weighted by Crippen LogP contribution is -1.84. The molecule has 0 saturated carbocycles. The van der Waals surface area contributed by atoms with E-state index in [1.54, 1.807) is 0 Å². The molecule has 25 heavy (non-hydrogen) atoms. The van der Waals surface area contributed by atoms with Gasteiger partial charge < -0.3 is 0 Å². The summed E-state index contributed by atoms with van der Waals surface area (Å²) in [7, 11) is 0. The van der Waals surface area contributed by atoms with Crippen molar-refractivity contribution in [2.45, 2.75) is 0 Å². The lowest BCUT2D eigenvalue weighted by Gasteiger charge is -2.07. The minimum absolute atomic E-state index is 0.812. The maximum absolute atomic E-state index is 6.73. The predicted molar refractivity (Wildman–Crippen MR) is 108 cm³/mol. The summed E-state index contributed by atoms with van der Waals surface area (Å²) in [5, 5.41) is 3.08. The van der Waals surface area contributed by atoms with Gasteiger partial charge in [0.1, 0.15) is 0 Å².